The van der Waals surface area contributed by atoms with Crippen LogP contribution in [0.5, 0.6) is 5.75 Å². The number of para-hydroxylation sites is 1. The maximum atomic E-state index is 12.5. The molecule has 3 aromatic rings. The zero-order valence-corrected chi connectivity index (χ0v) is 17.7. The molecular weight excluding hydrogens is 390 g/mol. The number of aromatic nitrogens is 2. The molecule has 0 bridgehead atoms. The predicted molar refractivity (Wildman–Crippen MR) is 120 cm³/mol. The fourth-order valence-electron chi connectivity index (χ4n) is 3.91. The summed E-state index contributed by atoms with van der Waals surface area (Å²) >= 11 is 0. The number of benzene rings is 2. The summed E-state index contributed by atoms with van der Waals surface area (Å²) in [5.74, 6) is 0.709. The van der Waals surface area contributed by atoms with Gasteiger partial charge in [0.2, 0.25) is 5.91 Å². The molecule has 160 valence electrons. The van der Waals surface area contributed by atoms with E-state index in [0.717, 1.165) is 29.8 Å². The van der Waals surface area contributed by atoms with Crippen molar-refractivity contribution in [2.24, 2.45) is 0 Å². The predicted octanol–water partition coefficient (Wildman–Crippen LogP) is 3.76. The molecule has 6 heteroatoms. The molecule has 1 amide bonds. The second kappa shape index (κ2) is 9.62. The van der Waals surface area contributed by atoms with Crippen molar-refractivity contribution in [1.29, 1.82) is 0 Å². The Labute approximate surface area is 182 Å². The lowest BCUT2D eigenvalue weighted by molar-refractivity contribution is -0.116. The summed E-state index contributed by atoms with van der Waals surface area (Å²) in [5.41, 5.74) is 2.92. The van der Waals surface area contributed by atoms with Crippen molar-refractivity contribution in [3.63, 3.8) is 0 Å². The zero-order valence-electron chi connectivity index (χ0n) is 17.7. The molecular formula is C25H27N3O3. The number of nitrogens with zero attached hydrogens (tertiary/aromatic N) is 2. The SMILES string of the molecule is COc1ccc(C2(CNC(=O)/C=C/c3cnn(-c4ccccc4)c3)CCOCC2)cc1. The molecule has 1 aliphatic heterocycles. The minimum absolute atomic E-state index is 0.119. The van der Waals surface area contributed by atoms with Crippen LogP contribution in [-0.2, 0) is 14.9 Å². The highest BCUT2D eigenvalue weighted by Crippen LogP contribution is 2.35. The van der Waals surface area contributed by atoms with Gasteiger partial charge in [-0.3, -0.25) is 4.79 Å². The average Bonchev–Trinajstić information content (AvgIpc) is 3.32. The number of hydrogen-bond donors (Lipinski definition) is 1. The highest BCUT2D eigenvalue weighted by Gasteiger charge is 2.34. The van der Waals surface area contributed by atoms with E-state index in [1.807, 2.05) is 48.7 Å². The van der Waals surface area contributed by atoms with Gasteiger partial charge < -0.3 is 14.8 Å². The Kier molecular flexibility index (Phi) is 6.48. The van der Waals surface area contributed by atoms with E-state index in [1.165, 1.54) is 5.56 Å². The Morgan fingerprint density at radius 3 is 2.61 bits per heavy atom. The van der Waals surface area contributed by atoms with Crippen LogP contribution in [0.15, 0.2) is 73.1 Å². The van der Waals surface area contributed by atoms with Crippen molar-refractivity contribution in [3.8, 4) is 11.4 Å². The molecule has 4 rings (SSSR count). The molecule has 2 aromatic carbocycles. The topological polar surface area (TPSA) is 65.4 Å². The molecule has 1 N–H and O–H groups in total. The second-order valence-electron chi connectivity index (χ2n) is 7.73. The van der Waals surface area contributed by atoms with Crippen molar-refractivity contribution in [2.45, 2.75) is 18.3 Å². The highest BCUT2D eigenvalue weighted by molar-refractivity contribution is 5.91. The van der Waals surface area contributed by atoms with Crippen LogP contribution in [0, 0.1) is 0 Å². The fraction of sp³-hybridized carbons (Fsp3) is 0.280. The third-order valence-electron chi connectivity index (χ3n) is 5.80. The molecule has 2 heterocycles. The van der Waals surface area contributed by atoms with Crippen LogP contribution in [0.25, 0.3) is 11.8 Å². The largest absolute Gasteiger partial charge is 0.497 e. The monoisotopic (exact) mass is 417 g/mol. The fourth-order valence-corrected chi connectivity index (χ4v) is 3.91. The van der Waals surface area contributed by atoms with E-state index in [2.05, 4.69) is 22.5 Å². The third-order valence-corrected chi connectivity index (χ3v) is 5.80. The summed E-state index contributed by atoms with van der Waals surface area (Å²) in [6.07, 6.45) is 8.73. The Morgan fingerprint density at radius 1 is 1.16 bits per heavy atom. The molecule has 0 atom stereocenters. The summed E-state index contributed by atoms with van der Waals surface area (Å²) in [5, 5.41) is 7.45. The van der Waals surface area contributed by atoms with Crippen molar-refractivity contribution < 1.29 is 14.3 Å². The molecule has 0 radical (unpaired) electrons. The van der Waals surface area contributed by atoms with Crippen LogP contribution in [0.2, 0.25) is 0 Å². The molecule has 31 heavy (non-hydrogen) atoms. The molecule has 1 saturated heterocycles. The standard InChI is InChI=1S/C25H27N3O3/c1-30-23-10-8-21(9-11-23)25(13-15-31-16-14-25)19-26-24(29)12-7-20-17-27-28(18-20)22-5-3-2-4-6-22/h2-12,17-18H,13-16,19H2,1H3,(H,26,29)/b12-7+. The maximum absolute atomic E-state index is 12.5. The van der Waals surface area contributed by atoms with Gasteiger partial charge in [-0.2, -0.15) is 5.10 Å². The summed E-state index contributed by atoms with van der Waals surface area (Å²) in [6, 6.07) is 18.0. The molecule has 1 aliphatic rings. The number of hydrogen-bond acceptors (Lipinski definition) is 4. The second-order valence-corrected chi connectivity index (χ2v) is 7.73. The minimum Gasteiger partial charge on any atom is -0.497 e. The average molecular weight is 418 g/mol. The number of methoxy groups -OCH3 is 1. The molecule has 6 nitrogen and oxygen atoms in total. The van der Waals surface area contributed by atoms with Crippen LogP contribution >= 0.6 is 0 Å². The number of rotatable bonds is 7. The first kappa shape index (κ1) is 20.9. The van der Waals surface area contributed by atoms with Crippen LogP contribution < -0.4 is 10.1 Å². The van der Waals surface area contributed by atoms with E-state index in [4.69, 9.17) is 9.47 Å². The van der Waals surface area contributed by atoms with Crippen LogP contribution in [0.3, 0.4) is 0 Å². The Balaban J connectivity index is 1.40. The Hall–Kier alpha value is -3.38. The van der Waals surface area contributed by atoms with Gasteiger partial charge in [-0.05, 0) is 48.7 Å². The summed E-state index contributed by atoms with van der Waals surface area (Å²) in [6.45, 7) is 1.95. The van der Waals surface area contributed by atoms with Gasteiger partial charge in [0.15, 0.2) is 0 Å². The number of nitrogens with one attached hydrogen (secondary N) is 1. The molecule has 1 fully saturated rings. The number of ether oxygens (including phenoxy) is 2. The summed E-state index contributed by atoms with van der Waals surface area (Å²) in [4.78, 5) is 12.5. The number of carbonyl (C=O) groups excluding carboxylic acids is 1. The van der Waals surface area contributed by atoms with E-state index < -0.39 is 0 Å². The van der Waals surface area contributed by atoms with Gasteiger partial charge in [-0.1, -0.05) is 30.3 Å². The third kappa shape index (κ3) is 5.03. The first-order chi connectivity index (χ1) is 15.2. The molecule has 0 aliphatic carbocycles. The molecule has 1 aromatic heterocycles. The van der Waals surface area contributed by atoms with Crippen LogP contribution in [0.4, 0.5) is 0 Å². The summed E-state index contributed by atoms with van der Waals surface area (Å²) < 4.78 is 12.7. The van der Waals surface area contributed by atoms with Gasteiger partial charge in [0.05, 0.1) is 19.0 Å². The van der Waals surface area contributed by atoms with Gasteiger partial charge in [-0.25, -0.2) is 4.68 Å². The summed E-state index contributed by atoms with van der Waals surface area (Å²) in [7, 11) is 1.66. The van der Waals surface area contributed by atoms with Gasteiger partial charge in [0, 0.05) is 43.0 Å². The Bertz CT molecular complexity index is 1020. The quantitative estimate of drug-likeness (QED) is 0.595. The number of amides is 1. The van der Waals surface area contributed by atoms with Gasteiger partial charge in [-0.15, -0.1) is 0 Å². The van der Waals surface area contributed by atoms with Gasteiger partial charge in [0.25, 0.3) is 0 Å². The lowest BCUT2D eigenvalue weighted by Crippen LogP contribution is -2.44. The first-order valence-corrected chi connectivity index (χ1v) is 10.5. The van der Waals surface area contributed by atoms with Crippen LogP contribution in [-0.4, -0.2) is 42.6 Å². The van der Waals surface area contributed by atoms with E-state index in [-0.39, 0.29) is 11.3 Å². The van der Waals surface area contributed by atoms with E-state index in [9.17, 15) is 4.79 Å². The van der Waals surface area contributed by atoms with Crippen LogP contribution in [0.1, 0.15) is 24.0 Å². The number of carbonyl (C=O) groups is 1. The van der Waals surface area contributed by atoms with Crippen molar-refractivity contribution in [2.75, 3.05) is 26.9 Å². The lowest BCUT2D eigenvalue weighted by Gasteiger charge is -2.38. The highest BCUT2D eigenvalue weighted by atomic mass is 16.5. The van der Waals surface area contributed by atoms with Gasteiger partial charge >= 0.3 is 0 Å². The van der Waals surface area contributed by atoms with Crippen molar-refractivity contribution in [3.05, 3.63) is 84.2 Å². The zero-order chi connectivity index (χ0) is 21.5. The van der Waals surface area contributed by atoms with E-state index in [0.29, 0.717) is 19.8 Å². The van der Waals surface area contributed by atoms with Gasteiger partial charge in [0.1, 0.15) is 5.75 Å². The van der Waals surface area contributed by atoms with Crippen molar-refractivity contribution >= 4 is 12.0 Å². The van der Waals surface area contributed by atoms with Crippen molar-refractivity contribution in [1.82, 2.24) is 15.1 Å². The molecule has 0 unspecified atom stereocenters. The normalized spacial score (nSPS) is 15.6. The molecule has 0 spiro atoms. The van der Waals surface area contributed by atoms with E-state index in [1.54, 1.807) is 30.1 Å². The van der Waals surface area contributed by atoms with E-state index >= 15 is 0 Å². The Morgan fingerprint density at radius 2 is 1.90 bits per heavy atom. The minimum atomic E-state index is -0.133. The molecule has 0 saturated carbocycles. The lowest BCUT2D eigenvalue weighted by atomic mass is 9.74. The maximum Gasteiger partial charge on any atom is 0.244 e. The first-order valence-electron chi connectivity index (χ1n) is 10.5. The smallest absolute Gasteiger partial charge is 0.244 e.